The maximum Gasteiger partial charge on any atom is 0.255 e. The van der Waals surface area contributed by atoms with Gasteiger partial charge in [-0.15, -0.1) is 0 Å². The first-order valence-corrected chi connectivity index (χ1v) is 8.74. The fourth-order valence-electron chi connectivity index (χ4n) is 2.98. The third-order valence-corrected chi connectivity index (χ3v) is 4.45. The molecule has 4 rings (SSSR count). The zero-order chi connectivity index (χ0) is 19.7. The van der Waals surface area contributed by atoms with Crippen LogP contribution in [-0.4, -0.2) is 22.4 Å². The molecule has 28 heavy (non-hydrogen) atoms. The molecule has 0 fully saturated rings. The number of nitrogens with zero attached hydrogens (tertiary/aromatic N) is 2. The molecule has 0 spiro atoms. The van der Waals surface area contributed by atoms with Gasteiger partial charge in [-0.1, -0.05) is 18.2 Å². The van der Waals surface area contributed by atoms with Gasteiger partial charge in [-0.25, -0.2) is 9.37 Å². The Morgan fingerprint density at radius 1 is 1.07 bits per heavy atom. The number of hydrogen-bond acceptors (Lipinski definition) is 3. The summed E-state index contributed by atoms with van der Waals surface area (Å²) in [4.78, 5) is 16.9. The average Bonchev–Trinajstić information content (AvgIpc) is 3.11. The summed E-state index contributed by atoms with van der Waals surface area (Å²) in [5.74, 6) is -0.867. The number of methoxy groups -OCH3 is 1. The summed E-state index contributed by atoms with van der Waals surface area (Å²) in [6, 6.07) is 15.5. The predicted molar refractivity (Wildman–Crippen MR) is 106 cm³/mol. The number of carbonyl (C=O) groups is 1. The number of anilines is 1. The molecule has 0 atom stereocenters. The molecule has 1 N–H and O–H groups in total. The van der Waals surface area contributed by atoms with Crippen LogP contribution in [0.1, 0.15) is 15.9 Å². The van der Waals surface area contributed by atoms with Crippen molar-refractivity contribution >= 4 is 17.2 Å². The minimum Gasteiger partial charge on any atom is -0.494 e. The lowest BCUT2D eigenvalue weighted by atomic mass is 10.1. The number of ether oxygens (including phenoxy) is 1. The largest absolute Gasteiger partial charge is 0.494 e. The van der Waals surface area contributed by atoms with E-state index in [0.717, 1.165) is 28.5 Å². The van der Waals surface area contributed by atoms with Crippen LogP contribution in [0.5, 0.6) is 5.75 Å². The lowest BCUT2D eigenvalue weighted by Crippen LogP contribution is -2.12. The number of aryl methyl sites for hydroxylation is 1. The van der Waals surface area contributed by atoms with Crippen molar-refractivity contribution in [3.63, 3.8) is 0 Å². The monoisotopic (exact) mass is 375 g/mol. The normalized spacial score (nSPS) is 10.8. The van der Waals surface area contributed by atoms with Gasteiger partial charge in [0.2, 0.25) is 0 Å². The quantitative estimate of drug-likeness (QED) is 0.562. The smallest absolute Gasteiger partial charge is 0.255 e. The van der Waals surface area contributed by atoms with E-state index in [4.69, 9.17) is 4.74 Å². The Kier molecular flexibility index (Phi) is 4.53. The van der Waals surface area contributed by atoms with Crippen LogP contribution in [-0.2, 0) is 0 Å². The summed E-state index contributed by atoms with van der Waals surface area (Å²) in [5.41, 5.74) is 4.65. The van der Waals surface area contributed by atoms with Crippen LogP contribution in [0.15, 0.2) is 67.0 Å². The van der Waals surface area contributed by atoms with Crippen LogP contribution in [0.25, 0.3) is 16.9 Å². The van der Waals surface area contributed by atoms with E-state index in [1.807, 2.05) is 48.0 Å². The standard InChI is InChI=1S/C22H18FN3O2/c1-14-3-10-21-25-19(13-26(21)12-14)15-4-7-17(8-5-15)24-22(27)16-6-9-20(28-2)18(23)11-16/h3-13H,1-2H3,(H,24,27). The molecule has 2 heterocycles. The Morgan fingerprint density at radius 2 is 1.86 bits per heavy atom. The van der Waals surface area contributed by atoms with E-state index in [2.05, 4.69) is 10.3 Å². The average molecular weight is 375 g/mol. The number of imidazole rings is 1. The number of rotatable bonds is 4. The summed E-state index contributed by atoms with van der Waals surface area (Å²) in [6.45, 7) is 2.03. The van der Waals surface area contributed by atoms with Crippen LogP contribution in [0.3, 0.4) is 0 Å². The van der Waals surface area contributed by atoms with Gasteiger partial charge in [-0.3, -0.25) is 4.79 Å². The molecule has 4 aromatic rings. The lowest BCUT2D eigenvalue weighted by molar-refractivity contribution is 0.102. The summed E-state index contributed by atoms with van der Waals surface area (Å²) < 4.78 is 20.6. The molecule has 0 saturated carbocycles. The van der Waals surface area contributed by atoms with Gasteiger partial charge < -0.3 is 14.5 Å². The zero-order valence-electron chi connectivity index (χ0n) is 15.4. The van der Waals surface area contributed by atoms with Crippen molar-refractivity contribution in [1.82, 2.24) is 9.38 Å². The Bertz CT molecular complexity index is 1170. The number of pyridine rings is 1. The topological polar surface area (TPSA) is 55.6 Å². The Labute approximate surface area is 161 Å². The molecule has 0 aliphatic rings. The van der Waals surface area contributed by atoms with Crippen molar-refractivity contribution < 1.29 is 13.9 Å². The number of amides is 1. The van der Waals surface area contributed by atoms with Gasteiger partial charge in [0.1, 0.15) is 5.65 Å². The van der Waals surface area contributed by atoms with Gasteiger partial charge in [0.05, 0.1) is 12.8 Å². The van der Waals surface area contributed by atoms with E-state index >= 15 is 0 Å². The Morgan fingerprint density at radius 3 is 2.57 bits per heavy atom. The fraction of sp³-hybridized carbons (Fsp3) is 0.0909. The zero-order valence-corrected chi connectivity index (χ0v) is 15.4. The van der Waals surface area contributed by atoms with E-state index < -0.39 is 11.7 Å². The van der Waals surface area contributed by atoms with Crippen LogP contribution >= 0.6 is 0 Å². The lowest BCUT2D eigenvalue weighted by Gasteiger charge is -2.07. The number of aromatic nitrogens is 2. The molecule has 0 unspecified atom stereocenters. The number of hydrogen-bond donors (Lipinski definition) is 1. The highest BCUT2D eigenvalue weighted by Gasteiger charge is 2.11. The first-order valence-electron chi connectivity index (χ1n) is 8.74. The highest BCUT2D eigenvalue weighted by molar-refractivity contribution is 6.04. The van der Waals surface area contributed by atoms with E-state index in [9.17, 15) is 9.18 Å². The molecule has 140 valence electrons. The molecule has 0 aliphatic carbocycles. The minimum absolute atomic E-state index is 0.101. The van der Waals surface area contributed by atoms with Crippen LogP contribution in [0.2, 0.25) is 0 Å². The highest BCUT2D eigenvalue weighted by Crippen LogP contribution is 2.23. The Balaban J connectivity index is 1.52. The highest BCUT2D eigenvalue weighted by atomic mass is 19.1. The number of halogens is 1. The molecule has 0 radical (unpaired) electrons. The number of fused-ring (bicyclic) bond motifs is 1. The van der Waals surface area contributed by atoms with E-state index in [1.165, 1.54) is 19.2 Å². The molecule has 5 nitrogen and oxygen atoms in total. The Hall–Kier alpha value is -3.67. The molecular weight excluding hydrogens is 357 g/mol. The van der Waals surface area contributed by atoms with Crippen LogP contribution < -0.4 is 10.1 Å². The maximum absolute atomic E-state index is 13.8. The van der Waals surface area contributed by atoms with Gasteiger partial charge >= 0.3 is 0 Å². The number of benzene rings is 2. The maximum atomic E-state index is 13.8. The van der Waals surface area contributed by atoms with Crippen molar-refractivity contribution in [3.8, 4) is 17.0 Å². The summed E-state index contributed by atoms with van der Waals surface area (Å²) in [6.07, 6.45) is 3.99. The summed E-state index contributed by atoms with van der Waals surface area (Å²) >= 11 is 0. The molecule has 6 heteroatoms. The molecule has 2 aromatic carbocycles. The third-order valence-electron chi connectivity index (χ3n) is 4.45. The second kappa shape index (κ2) is 7.15. The van der Waals surface area contributed by atoms with Crippen LogP contribution in [0.4, 0.5) is 10.1 Å². The molecule has 0 bridgehead atoms. The van der Waals surface area contributed by atoms with Gasteiger partial charge in [-0.2, -0.15) is 0 Å². The molecular formula is C22H18FN3O2. The van der Waals surface area contributed by atoms with Crippen molar-refractivity contribution in [2.75, 3.05) is 12.4 Å². The van der Waals surface area contributed by atoms with Crippen molar-refractivity contribution in [1.29, 1.82) is 0 Å². The molecule has 0 saturated heterocycles. The van der Waals surface area contributed by atoms with Gasteiger partial charge in [-0.05, 0) is 48.9 Å². The number of carbonyl (C=O) groups excluding carboxylic acids is 1. The SMILES string of the molecule is COc1ccc(C(=O)Nc2ccc(-c3cn4cc(C)ccc4n3)cc2)cc1F. The summed E-state index contributed by atoms with van der Waals surface area (Å²) in [5, 5.41) is 2.76. The molecule has 0 aliphatic heterocycles. The van der Waals surface area contributed by atoms with E-state index in [-0.39, 0.29) is 11.3 Å². The fourth-order valence-corrected chi connectivity index (χ4v) is 2.98. The van der Waals surface area contributed by atoms with Crippen LogP contribution in [0, 0.1) is 12.7 Å². The van der Waals surface area contributed by atoms with Gasteiger partial charge in [0.15, 0.2) is 11.6 Å². The predicted octanol–water partition coefficient (Wildman–Crippen LogP) is 4.71. The van der Waals surface area contributed by atoms with Gasteiger partial charge in [0, 0.05) is 29.2 Å². The second-order valence-corrected chi connectivity index (χ2v) is 6.48. The minimum atomic E-state index is -0.576. The summed E-state index contributed by atoms with van der Waals surface area (Å²) in [7, 11) is 1.38. The van der Waals surface area contributed by atoms with E-state index in [1.54, 1.807) is 12.1 Å². The first-order chi connectivity index (χ1) is 13.5. The van der Waals surface area contributed by atoms with Crippen molar-refractivity contribution in [2.24, 2.45) is 0 Å². The van der Waals surface area contributed by atoms with Gasteiger partial charge in [0.25, 0.3) is 5.91 Å². The first kappa shape index (κ1) is 17.7. The number of nitrogens with one attached hydrogen (secondary N) is 1. The third kappa shape index (κ3) is 3.44. The van der Waals surface area contributed by atoms with E-state index in [0.29, 0.717) is 5.69 Å². The van der Waals surface area contributed by atoms with Crippen molar-refractivity contribution in [2.45, 2.75) is 6.92 Å². The van der Waals surface area contributed by atoms with Crippen molar-refractivity contribution in [3.05, 3.63) is 83.9 Å². The molecule has 2 aromatic heterocycles. The second-order valence-electron chi connectivity index (χ2n) is 6.48. The molecule has 1 amide bonds.